The van der Waals surface area contributed by atoms with Crippen LogP contribution in [-0.4, -0.2) is 37.4 Å². The van der Waals surface area contributed by atoms with Gasteiger partial charge in [-0.3, -0.25) is 4.79 Å². The third-order valence-corrected chi connectivity index (χ3v) is 2.15. The van der Waals surface area contributed by atoms with E-state index >= 15 is 0 Å². The fraction of sp³-hybridized carbons (Fsp3) is 0.444. The lowest BCUT2D eigenvalue weighted by Crippen LogP contribution is -2.40. The molecule has 1 aromatic rings. The molecule has 2 N–H and O–H groups in total. The molecule has 1 atom stereocenters. The van der Waals surface area contributed by atoms with Crippen molar-refractivity contribution in [2.45, 2.75) is 6.04 Å². The quantitative estimate of drug-likeness (QED) is 0.835. The van der Waals surface area contributed by atoms with Crippen LogP contribution in [0.3, 0.4) is 0 Å². The van der Waals surface area contributed by atoms with E-state index < -0.39 is 6.04 Å². The fourth-order valence-electron chi connectivity index (χ4n) is 1.03. The van der Waals surface area contributed by atoms with E-state index in [4.69, 9.17) is 14.3 Å². The zero-order valence-electron chi connectivity index (χ0n) is 8.20. The maximum absolute atomic E-state index is 11.5. The average molecular weight is 278 g/mol. The summed E-state index contributed by atoms with van der Waals surface area (Å²) in [5.74, 6) is -0.187. The molecule has 6 heteroatoms. The number of hydrogen-bond donors (Lipinski definition) is 2. The van der Waals surface area contributed by atoms with E-state index in [0.717, 1.165) is 0 Å². The lowest BCUT2D eigenvalue weighted by molar-refractivity contribution is 0.0813. The number of aliphatic hydroxyl groups is 1. The third-order valence-electron chi connectivity index (χ3n) is 1.72. The molecule has 0 radical (unpaired) electrons. The molecule has 0 fully saturated rings. The summed E-state index contributed by atoms with van der Waals surface area (Å²) in [4.78, 5) is 11.5. The number of hydrogen-bond acceptors (Lipinski definition) is 4. The van der Waals surface area contributed by atoms with Crippen LogP contribution in [0.1, 0.15) is 10.6 Å². The van der Waals surface area contributed by atoms with Gasteiger partial charge >= 0.3 is 0 Å². The minimum atomic E-state index is -0.425. The molecular weight excluding hydrogens is 266 g/mol. The van der Waals surface area contributed by atoms with Crippen molar-refractivity contribution in [1.82, 2.24) is 5.32 Å². The number of amides is 1. The van der Waals surface area contributed by atoms with Crippen LogP contribution in [0.4, 0.5) is 0 Å². The minimum Gasteiger partial charge on any atom is -0.444 e. The fourth-order valence-corrected chi connectivity index (χ4v) is 1.34. The molecule has 15 heavy (non-hydrogen) atoms. The van der Waals surface area contributed by atoms with Crippen LogP contribution < -0.4 is 5.32 Å². The van der Waals surface area contributed by atoms with Crippen LogP contribution in [-0.2, 0) is 4.74 Å². The summed E-state index contributed by atoms with van der Waals surface area (Å²) >= 11 is 3.09. The first-order chi connectivity index (χ1) is 7.17. The Bertz CT molecular complexity index is 326. The Morgan fingerprint density at radius 1 is 1.73 bits per heavy atom. The summed E-state index contributed by atoms with van der Waals surface area (Å²) in [6, 6.07) is 2.74. The number of methoxy groups -OCH3 is 1. The van der Waals surface area contributed by atoms with Gasteiger partial charge < -0.3 is 19.6 Å². The number of carbonyl (C=O) groups is 1. The largest absolute Gasteiger partial charge is 0.444 e. The minimum absolute atomic E-state index is 0.179. The molecule has 0 aliphatic heterocycles. The highest BCUT2D eigenvalue weighted by Gasteiger charge is 2.15. The first-order valence-electron chi connectivity index (χ1n) is 4.33. The van der Waals surface area contributed by atoms with Gasteiger partial charge in [0.15, 0.2) is 10.4 Å². The molecule has 5 nitrogen and oxygen atoms in total. The summed E-state index contributed by atoms with van der Waals surface area (Å²) in [5.41, 5.74) is 0. The standard InChI is InChI=1S/C9H12BrNO4/c1-14-5-6(4-12)11-9(13)7-2-3-8(10)15-7/h2-3,6,12H,4-5H2,1H3,(H,11,13). The summed E-state index contributed by atoms with van der Waals surface area (Å²) in [5, 5.41) is 11.5. The van der Waals surface area contributed by atoms with E-state index in [9.17, 15) is 4.79 Å². The van der Waals surface area contributed by atoms with Gasteiger partial charge in [0.1, 0.15) is 0 Å². The highest BCUT2D eigenvalue weighted by atomic mass is 79.9. The summed E-state index contributed by atoms with van der Waals surface area (Å²) in [6.07, 6.45) is 0. The van der Waals surface area contributed by atoms with Crippen molar-refractivity contribution in [3.63, 3.8) is 0 Å². The number of nitrogens with one attached hydrogen (secondary N) is 1. The molecule has 1 amide bonds. The van der Waals surface area contributed by atoms with Gasteiger partial charge in [0.05, 0.1) is 19.3 Å². The van der Waals surface area contributed by atoms with E-state index in [1.54, 1.807) is 12.1 Å². The summed E-state index contributed by atoms with van der Waals surface area (Å²) in [6.45, 7) is 0.0750. The van der Waals surface area contributed by atoms with Crippen molar-refractivity contribution in [3.05, 3.63) is 22.6 Å². The van der Waals surface area contributed by atoms with Gasteiger partial charge in [0.25, 0.3) is 5.91 Å². The molecule has 1 aromatic heterocycles. The molecule has 0 aliphatic rings. The van der Waals surface area contributed by atoms with Crippen molar-refractivity contribution in [2.75, 3.05) is 20.3 Å². The zero-order chi connectivity index (χ0) is 11.3. The Morgan fingerprint density at radius 2 is 2.47 bits per heavy atom. The maximum Gasteiger partial charge on any atom is 0.287 e. The van der Waals surface area contributed by atoms with Gasteiger partial charge in [-0.25, -0.2) is 0 Å². The lowest BCUT2D eigenvalue weighted by atomic mass is 10.3. The number of carbonyl (C=O) groups excluding carboxylic acids is 1. The van der Waals surface area contributed by atoms with E-state index in [0.29, 0.717) is 4.67 Å². The Morgan fingerprint density at radius 3 is 2.93 bits per heavy atom. The monoisotopic (exact) mass is 277 g/mol. The Kier molecular flexibility index (Phi) is 4.80. The van der Waals surface area contributed by atoms with Crippen LogP contribution in [0, 0.1) is 0 Å². The first kappa shape index (κ1) is 12.2. The Labute approximate surface area is 95.5 Å². The summed E-state index contributed by atoms with van der Waals surface area (Å²) in [7, 11) is 1.50. The number of ether oxygens (including phenoxy) is 1. The second kappa shape index (κ2) is 5.89. The highest BCUT2D eigenvalue weighted by Crippen LogP contribution is 2.13. The van der Waals surface area contributed by atoms with Gasteiger partial charge in [0.2, 0.25) is 0 Å². The van der Waals surface area contributed by atoms with Crippen molar-refractivity contribution in [2.24, 2.45) is 0 Å². The van der Waals surface area contributed by atoms with Crippen LogP contribution in [0.2, 0.25) is 0 Å². The van der Waals surface area contributed by atoms with Gasteiger partial charge in [-0.05, 0) is 28.1 Å². The van der Waals surface area contributed by atoms with Crippen LogP contribution in [0.25, 0.3) is 0 Å². The molecule has 1 unspecified atom stereocenters. The second-order valence-electron chi connectivity index (χ2n) is 2.91. The Hall–Kier alpha value is -0.850. The van der Waals surface area contributed by atoms with E-state index in [1.165, 1.54) is 7.11 Å². The van der Waals surface area contributed by atoms with Crippen molar-refractivity contribution in [1.29, 1.82) is 0 Å². The van der Waals surface area contributed by atoms with Gasteiger partial charge in [-0.1, -0.05) is 0 Å². The lowest BCUT2D eigenvalue weighted by Gasteiger charge is -2.13. The van der Waals surface area contributed by atoms with Crippen LogP contribution >= 0.6 is 15.9 Å². The molecule has 1 rings (SSSR count). The molecule has 0 bridgehead atoms. The van der Waals surface area contributed by atoms with Crippen molar-refractivity contribution < 1.29 is 19.1 Å². The van der Waals surface area contributed by atoms with Crippen molar-refractivity contribution in [3.8, 4) is 0 Å². The number of furan rings is 1. The molecule has 1 heterocycles. The zero-order valence-corrected chi connectivity index (χ0v) is 9.78. The van der Waals surface area contributed by atoms with Crippen molar-refractivity contribution >= 4 is 21.8 Å². The van der Waals surface area contributed by atoms with Crippen LogP contribution in [0.15, 0.2) is 21.2 Å². The van der Waals surface area contributed by atoms with Gasteiger partial charge in [-0.2, -0.15) is 0 Å². The van der Waals surface area contributed by atoms with E-state index in [1.807, 2.05) is 0 Å². The van der Waals surface area contributed by atoms with E-state index in [2.05, 4.69) is 21.2 Å². The molecule has 0 spiro atoms. The number of halogens is 1. The Balaban J connectivity index is 2.54. The van der Waals surface area contributed by atoms with Crippen LogP contribution in [0.5, 0.6) is 0 Å². The second-order valence-corrected chi connectivity index (χ2v) is 3.69. The molecule has 0 aromatic carbocycles. The predicted octanol–water partition coefficient (Wildman–Crippen LogP) is 0.779. The maximum atomic E-state index is 11.5. The first-order valence-corrected chi connectivity index (χ1v) is 5.12. The topological polar surface area (TPSA) is 71.7 Å². The smallest absolute Gasteiger partial charge is 0.287 e. The molecule has 0 saturated heterocycles. The summed E-state index contributed by atoms with van der Waals surface area (Å²) < 4.78 is 10.4. The SMILES string of the molecule is COCC(CO)NC(=O)c1ccc(Br)o1. The molecule has 0 aliphatic carbocycles. The third kappa shape index (κ3) is 3.65. The normalized spacial score (nSPS) is 12.5. The van der Waals surface area contributed by atoms with Gasteiger partial charge in [-0.15, -0.1) is 0 Å². The molecular formula is C9H12BrNO4. The molecule has 84 valence electrons. The van der Waals surface area contributed by atoms with E-state index in [-0.39, 0.29) is 24.9 Å². The number of aliphatic hydroxyl groups excluding tert-OH is 1. The molecule has 0 saturated carbocycles. The average Bonchev–Trinajstić information content (AvgIpc) is 2.64. The van der Waals surface area contributed by atoms with Gasteiger partial charge in [0, 0.05) is 7.11 Å². The highest BCUT2D eigenvalue weighted by molar-refractivity contribution is 9.10. The number of rotatable bonds is 5. The predicted molar refractivity (Wildman–Crippen MR) is 56.6 cm³/mol.